The van der Waals surface area contributed by atoms with Gasteiger partial charge in [0.1, 0.15) is 11.9 Å². The lowest BCUT2D eigenvalue weighted by atomic mass is 10.1. The number of amides is 2. The van der Waals surface area contributed by atoms with Crippen LogP contribution in [0.3, 0.4) is 0 Å². The van der Waals surface area contributed by atoms with Crippen molar-refractivity contribution < 1.29 is 24.2 Å². The molecule has 0 bridgehead atoms. The zero-order valence-corrected chi connectivity index (χ0v) is 19.5. The van der Waals surface area contributed by atoms with Crippen LogP contribution in [0.1, 0.15) is 54.9 Å². The minimum Gasteiger partial charge on any atom is -0.395 e. The minimum absolute atomic E-state index is 0.0307. The SMILES string of the molecule is C/C(=C/N[C@H]1C[C@H](O)[C@@H](CO)S1)C(=O)NCCCCCCNC(=O)c1ccc(F)c(C#N)c1. The Morgan fingerprint density at radius 1 is 1.24 bits per heavy atom. The first-order valence-corrected chi connectivity index (χ1v) is 11.9. The molecule has 8 nitrogen and oxygen atoms in total. The Morgan fingerprint density at radius 3 is 2.58 bits per heavy atom. The van der Waals surface area contributed by atoms with Crippen molar-refractivity contribution in [2.75, 3.05) is 19.7 Å². The quantitative estimate of drug-likeness (QED) is 0.228. The summed E-state index contributed by atoms with van der Waals surface area (Å²) in [6.07, 6.45) is 4.97. The van der Waals surface area contributed by atoms with Crippen LogP contribution in [-0.2, 0) is 4.79 Å². The number of halogens is 1. The van der Waals surface area contributed by atoms with Gasteiger partial charge in [0.05, 0.1) is 28.9 Å². The number of hydrogen-bond acceptors (Lipinski definition) is 7. The molecule has 1 heterocycles. The summed E-state index contributed by atoms with van der Waals surface area (Å²) in [5.41, 5.74) is 0.641. The number of unbranched alkanes of at least 4 members (excludes halogenated alkanes) is 3. The van der Waals surface area contributed by atoms with Crippen molar-refractivity contribution in [2.45, 2.75) is 55.8 Å². The molecular weight excluding hydrogens is 447 g/mol. The molecule has 0 aliphatic carbocycles. The first kappa shape index (κ1) is 26.6. The average molecular weight is 479 g/mol. The second-order valence-electron chi connectivity index (χ2n) is 7.88. The molecular formula is C23H31FN4O4S. The van der Waals surface area contributed by atoms with Crippen molar-refractivity contribution in [3.63, 3.8) is 0 Å². The summed E-state index contributed by atoms with van der Waals surface area (Å²) in [6, 6.07) is 5.41. The van der Waals surface area contributed by atoms with Crippen LogP contribution in [0.25, 0.3) is 0 Å². The number of benzene rings is 1. The Balaban J connectivity index is 1.54. The van der Waals surface area contributed by atoms with Gasteiger partial charge in [0.25, 0.3) is 5.91 Å². The van der Waals surface area contributed by atoms with E-state index in [1.165, 1.54) is 23.9 Å². The number of aliphatic hydroxyl groups is 2. The van der Waals surface area contributed by atoms with E-state index in [4.69, 9.17) is 5.26 Å². The van der Waals surface area contributed by atoms with Gasteiger partial charge in [-0.25, -0.2) is 4.39 Å². The zero-order valence-electron chi connectivity index (χ0n) is 18.6. The second kappa shape index (κ2) is 13.8. The zero-order chi connectivity index (χ0) is 24.2. The van der Waals surface area contributed by atoms with Crippen molar-refractivity contribution in [3.8, 4) is 6.07 Å². The molecule has 1 fully saturated rings. The van der Waals surface area contributed by atoms with E-state index in [2.05, 4.69) is 16.0 Å². The maximum absolute atomic E-state index is 13.3. The summed E-state index contributed by atoms with van der Waals surface area (Å²) in [5.74, 6) is -1.15. The fourth-order valence-corrected chi connectivity index (χ4v) is 4.54. The molecule has 5 N–H and O–H groups in total. The van der Waals surface area contributed by atoms with E-state index in [1.54, 1.807) is 19.2 Å². The third-order valence-corrected chi connectivity index (χ3v) is 6.74. The number of hydrogen-bond donors (Lipinski definition) is 5. The van der Waals surface area contributed by atoms with Gasteiger partial charge in [-0.15, -0.1) is 11.8 Å². The van der Waals surface area contributed by atoms with E-state index in [0.717, 1.165) is 31.7 Å². The summed E-state index contributed by atoms with van der Waals surface area (Å²) >= 11 is 1.46. The van der Waals surface area contributed by atoms with Crippen LogP contribution in [0.4, 0.5) is 4.39 Å². The summed E-state index contributed by atoms with van der Waals surface area (Å²) in [6.45, 7) is 2.66. The number of rotatable bonds is 12. The van der Waals surface area contributed by atoms with Crippen molar-refractivity contribution in [1.29, 1.82) is 5.26 Å². The average Bonchev–Trinajstić information content (AvgIpc) is 3.18. The first-order chi connectivity index (χ1) is 15.8. The largest absolute Gasteiger partial charge is 0.395 e. The third-order valence-electron chi connectivity index (χ3n) is 5.27. The van der Waals surface area contributed by atoms with Crippen LogP contribution in [0, 0.1) is 17.1 Å². The Morgan fingerprint density at radius 2 is 1.94 bits per heavy atom. The summed E-state index contributed by atoms with van der Waals surface area (Å²) in [5, 5.41) is 36.3. The highest BCUT2D eigenvalue weighted by Crippen LogP contribution is 2.32. The van der Waals surface area contributed by atoms with Gasteiger partial charge in [0.2, 0.25) is 5.91 Å². The molecule has 1 aliphatic heterocycles. The number of nitriles is 1. The van der Waals surface area contributed by atoms with Gasteiger partial charge in [-0.2, -0.15) is 5.26 Å². The van der Waals surface area contributed by atoms with Crippen molar-refractivity contribution >= 4 is 23.6 Å². The monoisotopic (exact) mass is 478 g/mol. The van der Waals surface area contributed by atoms with E-state index in [9.17, 15) is 24.2 Å². The molecule has 33 heavy (non-hydrogen) atoms. The van der Waals surface area contributed by atoms with Gasteiger partial charge in [-0.05, 0) is 38.0 Å². The van der Waals surface area contributed by atoms with Crippen molar-refractivity contribution in [2.24, 2.45) is 0 Å². The van der Waals surface area contributed by atoms with E-state index < -0.39 is 11.9 Å². The number of nitrogens with one attached hydrogen (secondary N) is 3. The molecule has 1 aromatic carbocycles. The Bertz CT molecular complexity index is 890. The number of thioether (sulfide) groups is 1. The number of nitrogens with zero attached hydrogens (tertiary/aromatic N) is 1. The first-order valence-electron chi connectivity index (χ1n) is 11.0. The molecule has 1 aliphatic rings. The standard InChI is InChI=1S/C23H31FN4O4S/c1-15(13-28-21-11-19(30)20(14-29)33-21)22(31)26-8-4-2-3-5-9-27-23(32)16-6-7-18(24)17(10-16)12-25/h6-7,10,13,19-21,28-30H,2-5,8-9,11,14H2,1H3,(H,26,31)(H,27,32)/b15-13-/t19-,20+,21+/m0/s1. The molecule has 180 valence electrons. The summed E-state index contributed by atoms with van der Waals surface area (Å²) in [7, 11) is 0. The Kier molecular flexibility index (Phi) is 11.2. The number of carbonyl (C=O) groups is 2. The van der Waals surface area contributed by atoms with E-state index in [-0.39, 0.29) is 40.2 Å². The predicted molar refractivity (Wildman–Crippen MR) is 125 cm³/mol. The Labute approximate surface area is 197 Å². The molecule has 1 aromatic rings. The molecule has 0 unspecified atom stereocenters. The maximum atomic E-state index is 13.3. The lowest BCUT2D eigenvalue weighted by Crippen LogP contribution is -2.27. The third kappa shape index (κ3) is 8.68. The van der Waals surface area contributed by atoms with Crippen molar-refractivity contribution in [1.82, 2.24) is 16.0 Å². The minimum atomic E-state index is -0.646. The van der Waals surface area contributed by atoms with Gasteiger partial charge in [0.15, 0.2) is 0 Å². The van der Waals surface area contributed by atoms with Crippen LogP contribution < -0.4 is 16.0 Å². The summed E-state index contributed by atoms with van der Waals surface area (Å²) in [4.78, 5) is 24.2. The second-order valence-corrected chi connectivity index (χ2v) is 9.32. The fourth-order valence-electron chi connectivity index (χ4n) is 3.28. The highest BCUT2D eigenvalue weighted by Gasteiger charge is 2.32. The lowest BCUT2D eigenvalue weighted by molar-refractivity contribution is -0.117. The summed E-state index contributed by atoms with van der Waals surface area (Å²) < 4.78 is 13.3. The van der Waals surface area contributed by atoms with Crippen LogP contribution in [-0.4, -0.2) is 58.5 Å². The molecule has 2 amide bonds. The number of aliphatic hydroxyl groups excluding tert-OH is 2. The Hall–Kier alpha value is -2.61. The van der Waals surface area contributed by atoms with Gasteiger partial charge < -0.3 is 26.2 Å². The predicted octanol–water partition coefficient (Wildman–Crippen LogP) is 1.78. The molecule has 2 rings (SSSR count). The van der Waals surface area contributed by atoms with E-state index in [0.29, 0.717) is 25.1 Å². The molecule has 10 heteroatoms. The van der Waals surface area contributed by atoms with Gasteiger partial charge in [-0.3, -0.25) is 9.59 Å². The molecule has 3 atom stereocenters. The van der Waals surface area contributed by atoms with Crippen LogP contribution in [0.15, 0.2) is 30.0 Å². The fraction of sp³-hybridized carbons (Fsp3) is 0.522. The highest BCUT2D eigenvalue weighted by molar-refractivity contribution is 8.00. The maximum Gasteiger partial charge on any atom is 0.251 e. The van der Waals surface area contributed by atoms with E-state index in [1.807, 2.05) is 0 Å². The molecule has 0 radical (unpaired) electrons. The molecule has 0 spiro atoms. The van der Waals surface area contributed by atoms with Crippen LogP contribution >= 0.6 is 11.8 Å². The molecule has 0 saturated carbocycles. The van der Waals surface area contributed by atoms with Gasteiger partial charge in [-0.1, -0.05) is 12.8 Å². The van der Waals surface area contributed by atoms with Crippen LogP contribution in [0.2, 0.25) is 0 Å². The van der Waals surface area contributed by atoms with Crippen molar-refractivity contribution in [3.05, 3.63) is 46.9 Å². The number of carbonyl (C=O) groups excluding carboxylic acids is 2. The topological polar surface area (TPSA) is 134 Å². The van der Waals surface area contributed by atoms with Gasteiger partial charge >= 0.3 is 0 Å². The van der Waals surface area contributed by atoms with Crippen LogP contribution in [0.5, 0.6) is 0 Å². The highest BCUT2D eigenvalue weighted by atomic mass is 32.2. The lowest BCUT2D eigenvalue weighted by Gasteiger charge is -2.11. The van der Waals surface area contributed by atoms with E-state index >= 15 is 0 Å². The molecule has 0 aromatic heterocycles. The normalized spacial score (nSPS) is 20.2. The smallest absolute Gasteiger partial charge is 0.251 e. The molecule has 1 saturated heterocycles. The van der Waals surface area contributed by atoms with Gasteiger partial charge in [0, 0.05) is 36.8 Å².